The summed E-state index contributed by atoms with van der Waals surface area (Å²) in [6, 6.07) is 15.5. The standard InChI is InChI=1S/C24H27N3O3/c1-6-30-18-13-9-16(10-14-18)22-19-20(15-7-11-17(29-5)12-8-15)25-26-21(19)23(28)27(22)24(2,3)4/h7-14,22H,6H2,1-5H3,(H,25,26). The molecule has 6 nitrogen and oxygen atoms in total. The molecule has 3 aromatic rings. The molecule has 0 bridgehead atoms. The summed E-state index contributed by atoms with van der Waals surface area (Å²) in [5.74, 6) is 1.56. The maximum absolute atomic E-state index is 13.4. The summed E-state index contributed by atoms with van der Waals surface area (Å²) >= 11 is 0. The van der Waals surface area contributed by atoms with Crippen molar-refractivity contribution in [2.45, 2.75) is 39.3 Å². The predicted molar refractivity (Wildman–Crippen MR) is 116 cm³/mol. The zero-order valence-electron chi connectivity index (χ0n) is 18.0. The summed E-state index contributed by atoms with van der Waals surface area (Å²) in [7, 11) is 1.64. The van der Waals surface area contributed by atoms with Gasteiger partial charge < -0.3 is 14.4 Å². The number of carbonyl (C=O) groups is 1. The topological polar surface area (TPSA) is 67.5 Å². The van der Waals surface area contributed by atoms with Crippen LogP contribution in [0.4, 0.5) is 0 Å². The Kier molecular flexibility index (Phi) is 5.02. The number of aromatic amines is 1. The van der Waals surface area contributed by atoms with Crippen molar-refractivity contribution in [2.75, 3.05) is 13.7 Å². The Labute approximate surface area is 176 Å². The summed E-state index contributed by atoms with van der Waals surface area (Å²) in [5, 5.41) is 7.51. The van der Waals surface area contributed by atoms with E-state index in [9.17, 15) is 4.79 Å². The fraction of sp³-hybridized carbons (Fsp3) is 0.333. The predicted octanol–water partition coefficient (Wildman–Crippen LogP) is 4.83. The molecule has 1 unspecified atom stereocenters. The van der Waals surface area contributed by atoms with E-state index in [1.165, 1.54) is 0 Å². The van der Waals surface area contributed by atoms with Gasteiger partial charge in [0.05, 0.1) is 25.5 Å². The SMILES string of the molecule is CCOc1ccc(C2c3c(-c4ccc(OC)cc4)n[nH]c3C(=O)N2C(C)(C)C)cc1. The molecular formula is C24H27N3O3. The molecule has 0 radical (unpaired) electrons. The second-order valence-corrected chi connectivity index (χ2v) is 8.34. The molecule has 156 valence electrons. The minimum absolute atomic E-state index is 0.0383. The average molecular weight is 405 g/mol. The number of aromatic nitrogens is 2. The van der Waals surface area contributed by atoms with Crippen LogP contribution in [0.2, 0.25) is 0 Å². The number of amides is 1. The minimum atomic E-state index is -0.364. The molecule has 0 saturated carbocycles. The maximum atomic E-state index is 13.4. The van der Waals surface area contributed by atoms with Crippen LogP contribution in [0.3, 0.4) is 0 Å². The van der Waals surface area contributed by atoms with Gasteiger partial charge in [0.1, 0.15) is 17.2 Å². The van der Waals surface area contributed by atoms with Crippen LogP contribution in [0.1, 0.15) is 55.4 Å². The highest BCUT2D eigenvalue weighted by molar-refractivity contribution is 6.00. The summed E-state index contributed by atoms with van der Waals surface area (Å²) < 4.78 is 10.9. The third kappa shape index (κ3) is 3.32. The Morgan fingerprint density at radius 2 is 1.67 bits per heavy atom. The molecule has 1 amide bonds. The van der Waals surface area contributed by atoms with Gasteiger partial charge in [-0.15, -0.1) is 0 Å². The van der Waals surface area contributed by atoms with Crippen LogP contribution in [0.5, 0.6) is 11.5 Å². The fourth-order valence-electron chi connectivity index (χ4n) is 4.04. The van der Waals surface area contributed by atoms with Gasteiger partial charge in [0.25, 0.3) is 5.91 Å². The number of rotatable bonds is 5. The second-order valence-electron chi connectivity index (χ2n) is 8.34. The van der Waals surface area contributed by atoms with Crippen molar-refractivity contribution in [2.24, 2.45) is 0 Å². The third-order valence-corrected chi connectivity index (χ3v) is 5.36. The molecule has 0 fully saturated rings. The van der Waals surface area contributed by atoms with Gasteiger partial charge in [-0.05, 0) is 69.7 Å². The Hall–Kier alpha value is -3.28. The van der Waals surface area contributed by atoms with Gasteiger partial charge in [0, 0.05) is 16.7 Å². The van der Waals surface area contributed by atoms with E-state index in [0.717, 1.165) is 33.9 Å². The smallest absolute Gasteiger partial charge is 0.273 e. The molecule has 2 aromatic carbocycles. The van der Waals surface area contributed by atoms with E-state index < -0.39 is 0 Å². The van der Waals surface area contributed by atoms with Gasteiger partial charge in [0.2, 0.25) is 0 Å². The number of methoxy groups -OCH3 is 1. The number of nitrogens with zero attached hydrogens (tertiary/aromatic N) is 2. The van der Waals surface area contributed by atoms with E-state index in [1.54, 1.807) is 7.11 Å². The van der Waals surface area contributed by atoms with Crippen molar-refractivity contribution in [3.05, 3.63) is 65.4 Å². The number of H-pyrrole nitrogens is 1. The van der Waals surface area contributed by atoms with E-state index in [4.69, 9.17) is 9.47 Å². The Morgan fingerprint density at radius 3 is 2.23 bits per heavy atom. The first kappa shape index (κ1) is 20.0. The van der Waals surface area contributed by atoms with Gasteiger partial charge >= 0.3 is 0 Å². The van der Waals surface area contributed by atoms with E-state index in [0.29, 0.717) is 12.3 Å². The number of benzene rings is 2. The van der Waals surface area contributed by atoms with Crippen LogP contribution in [0.15, 0.2) is 48.5 Å². The maximum Gasteiger partial charge on any atom is 0.273 e. The van der Waals surface area contributed by atoms with Crippen LogP contribution < -0.4 is 9.47 Å². The molecule has 30 heavy (non-hydrogen) atoms. The first-order chi connectivity index (χ1) is 14.3. The fourth-order valence-corrected chi connectivity index (χ4v) is 4.04. The van der Waals surface area contributed by atoms with Crippen molar-refractivity contribution >= 4 is 5.91 Å². The van der Waals surface area contributed by atoms with Crippen molar-refractivity contribution in [3.63, 3.8) is 0 Å². The lowest BCUT2D eigenvalue weighted by Crippen LogP contribution is -2.44. The first-order valence-electron chi connectivity index (χ1n) is 10.1. The Bertz CT molecular complexity index is 1050. The zero-order valence-corrected chi connectivity index (χ0v) is 18.0. The molecule has 1 aliphatic rings. The molecule has 1 N–H and O–H groups in total. The Balaban J connectivity index is 1.85. The number of hydrogen-bond acceptors (Lipinski definition) is 4. The molecule has 0 saturated heterocycles. The summed E-state index contributed by atoms with van der Waals surface area (Å²) in [6.45, 7) is 8.74. The van der Waals surface area contributed by atoms with Gasteiger partial charge in [-0.25, -0.2) is 0 Å². The van der Waals surface area contributed by atoms with Crippen molar-refractivity contribution in [3.8, 4) is 22.8 Å². The van der Waals surface area contributed by atoms with Gasteiger partial charge in [-0.2, -0.15) is 5.10 Å². The normalized spacial score (nSPS) is 16.0. The van der Waals surface area contributed by atoms with Crippen molar-refractivity contribution < 1.29 is 14.3 Å². The quantitative estimate of drug-likeness (QED) is 0.660. The molecule has 0 spiro atoms. The van der Waals surface area contributed by atoms with E-state index in [1.807, 2.05) is 60.4 Å². The first-order valence-corrected chi connectivity index (χ1v) is 10.1. The lowest BCUT2D eigenvalue weighted by molar-refractivity contribution is 0.0546. The number of fused-ring (bicyclic) bond motifs is 1. The lowest BCUT2D eigenvalue weighted by Gasteiger charge is -2.37. The van der Waals surface area contributed by atoms with E-state index in [2.05, 4.69) is 31.0 Å². The summed E-state index contributed by atoms with van der Waals surface area (Å²) in [6.07, 6.45) is 0. The zero-order chi connectivity index (χ0) is 21.5. The number of nitrogens with one attached hydrogen (secondary N) is 1. The van der Waals surface area contributed by atoms with Crippen molar-refractivity contribution in [1.82, 2.24) is 15.1 Å². The highest BCUT2D eigenvalue weighted by Crippen LogP contribution is 2.46. The minimum Gasteiger partial charge on any atom is -0.497 e. The largest absolute Gasteiger partial charge is 0.497 e. The Morgan fingerprint density at radius 1 is 1.03 bits per heavy atom. The second kappa shape index (κ2) is 7.52. The highest BCUT2D eigenvalue weighted by atomic mass is 16.5. The van der Waals surface area contributed by atoms with E-state index >= 15 is 0 Å². The summed E-state index contributed by atoms with van der Waals surface area (Å²) in [5.41, 5.74) is 3.84. The molecule has 1 aromatic heterocycles. The van der Waals surface area contributed by atoms with Crippen molar-refractivity contribution in [1.29, 1.82) is 0 Å². The van der Waals surface area contributed by atoms with Crippen LogP contribution in [0.25, 0.3) is 11.3 Å². The number of hydrogen-bond donors (Lipinski definition) is 1. The molecule has 1 aliphatic heterocycles. The van der Waals surface area contributed by atoms with Gasteiger partial charge in [0.15, 0.2) is 0 Å². The van der Waals surface area contributed by atoms with Gasteiger partial charge in [-0.1, -0.05) is 12.1 Å². The van der Waals surface area contributed by atoms with Crippen LogP contribution in [0, 0.1) is 0 Å². The average Bonchev–Trinajstić information content (AvgIpc) is 3.28. The van der Waals surface area contributed by atoms with Crippen LogP contribution >= 0.6 is 0 Å². The molecule has 6 heteroatoms. The molecule has 4 rings (SSSR count). The molecule has 2 heterocycles. The lowest BCUT2D eigenvalue weighted by atomic mass is 9.93. The monoisotopic (exact) mass is 405 g/mol. The third-order valence-electron chi connectivity index (χ3n) is 5.36. The molecule has 0 aliphatic carbocycles. The molecule has 1 atom stereocenters. The summed E-state index contributed by atoms with van der Waals surface area (Å²) in [4.78, 5) is 15.3. The van der Waals surface area contributed by atoms with E-state index in [-0.39, 0.29) is 17.5 Å². The number of carbonyl (C=O) groups excluding carboxylic acids is 1. The number of ether oxygens (including phenoxy) is 2. The highest BCUT2D eigenvalue weighted by Gasteiger charge is 2.46. The van der Waals surface area contributed by atoms with Crippen LogP contribution in [-0.4, -0.2) is 40.3 Å². The van der Waals surface area contributed by atoms with Crippen LogP contribution in [-0.2, 0) is 0 Å². The van der Waals surface area contributed by atoms with Gasteiger partial charge in [-0.3, -0.25) is 9.89 Å². The molecular weight excluding hydrogens is 378 g/mol.